The first-order valence-corrected chi connectivity index (χ1v) is 14.4. The van der Waals surface area contributed by atoms with Crippen molar-refractivity contribution in [3.8, 4) is 0 Å². The second kappa shape index (κ2) is 16.7. The third-order valence-electron chi connectivity index (χ3n) is 7.22. The molecule has 1 unspecified atom stereocenters. The highest BCUT2D eigenvalue weighted by Crippen LogP contribution is 2.34. The number of nitrogens with zero attached hydrogens (tertiary/aromatic N) is 3. The summed E-state index contributed by atoms with van der Waals surface area (Å²) in [5.74, 6) is 5.61. The lowest BCUT2D eigenvalue weighted by Crippen LogP contribution is -2.31. The maximum Gasteiger partial charge on any atom is 0.257 e. The van der Waals surface area contributed by atoms with Gasteiger partial charge in [0.05, 0.1) is 37.8 Å². The van der Waals surface area contributed by atoms with E-state index in [1.165, 1.54) is 28.8 Å². The van der Waals surface area contributed by atoms with Gasteiger partial charge in [0.15, 0.2) is 6.29 Å². The number of aliphatic hydroxyl groups excluding tert-OH is 1. The fourth-order valence-corrected chi connectivity index (χ4v) is 4.94. The Balaban J connectivity index is 1.90. The van der Waals surface area contributed by atoms with Gasteiger partial charge in [-0.05, 0) is 50.1 Å². The number of hydrogen-bond acceptors (Lipinski definition) is 11. The number of nitrogens with one attached hydrogen (secondary N) is 2. The fraction of sp³-hybridized carbons (Fsp3) is 0.419. The van der Waals surface area contributed by atoms with Crippen molar-refractivity contribution in [2.75, 3.05) is 40.6 Å². The second-order valence-corrected chi connectivity index (χ2v) is 10.6. The summed E-state index contributed by atoms with van der Waals surface area (Å²) in [5, 5.41) is 17.3. The topological polar surface area (TPSA) is 187 Å². The number of carbonyl (C=O) groups excluding carboxylic acids is 2. The molecule has 0 radical (unpaired) electrons. The van der Waals surface area contributed by atoms with Gasteiger partial charge >= 0.3 is 0 Å². The summed E-state index contributed by atoms with van der Waals surface area (Å²) < 4.78 is 26.7. The number of aliphatic imine (C=N–C) groups is 1. The number of pyridine rings is 1. The molecule has 0 aromatic carbocycles. The average Bonchev–Trinajstić information content (AvgIpc) is 3.38. The molecule has 1 aromatic rings. The maximum atomic E-state index is 14.9. The number of halogens is 1. The van der Waals surface area contributed by atoms with Crippen molar-refractivity contribution in [2.24, 2.45) is 16.6 Å². The summed E-state index contributed by atoms with van der Waals surface area (Å²) >= 11 is 0. The maximum absolute atomic E-state index is 14.9. The molecule has 14 heteroatoms. The van der Waals surface area contributed by atoms with E-state index >= 15 is 0 Å². The van der Waals surface area contributed by atoms with Crippen LogP contribution in [0.25, 0.3) is 0 Å². The van der Waals surface area contributed by atoms with E-state index in [9.17, 15) is 23.9 Å². The van der Waals surface area contributed by atoms with Crippen LogP contribution < -0.4 is 27.8 Å². The Morgan fingerprint density at radius 1 is 1.40 bits per heavy atom. The first-order valence-electron chi connectivity index (χ1n) is 14.4. The number of amides is 1. The van der Waals surface area contributed by atoms with Crippen molar-refractivity contribution in [3.05, 3.63) is 92.1 Å². The molecule has 0 saturated heterocycles. The first-order chi connectivity index (χ1) is 21.5. The number of nitrogens with two attached hydrogens (primary N) is 2. The molecule has 3 rings (SSSR count). The number of fused-ring (bicyclic) bond motifs is 3. The molecule has 1 atom stereocenters. The van der Waals surface area contributed by atoms with Crippen molar-refractivity contribution >= 4 is 17.9 Å². The van der Waals surface area contributed by atoms with Gasteiger partial charge in [0, 0.05) is 54.4 Å². The molecule has 1 amide bonds. The number of aliphatic hydroxyl groups is 1. The monoisotopic (exact) mass is 627 g/mol. The van der Waals surface area contributed by atoms with Crippen LogP contribution in [0.2, 0.25) is 0 Å². The molecule has 2 aliphatic heterocycles. The molecular formula is C31H42FN7O6. The zero-order valence-corrected chi connectivity index (χ0v) is 25.9. The van der Waals surface area contributed by atoms with Crippen LogP contribution in [0, 0.1) is 0 Å². The number of allylic oxidation sites excluding steroid dienone is 7. The van der Waals surface area contributed by atoms with E-state index in [-0.39, 0.29) is 56.5 Å². The lowest BCUT2D eigenvalue weighted by molar-refractivity contribution is -0.125. The molecular weight excluding hydrogens is 585 g/mol. The van der Waals surface area contributed by atoms with Crippen LogP contribution in [0.5, 0.6) is 0 Å². The molecule has 13 nitrogen and oxygen atoms in total. The fourth-order valence-electron chi connectivity index (χ4n) is 4.94. The minimum atomic E-state index is -1.54. The number of methoxy groups -OCH3 is 1. The number of aromatic nitrogens is 1. The summed E-state index contributed by atoms with van der Waals surface area (Å²) in [6, 6.07) is 1.55. The molecule has 1 aromatic heterocycles. The Morgan fingerprint density at radius 3 is 2.82 bits per heavy atom. The normalized spacial score (nSPS) is 16.5. The molecule has 0 spiro atoms. The molecule has 3 heterocycles. The molecule has 2 aliphatic rings. The van der Waals surface area contributed by atoms with Gasteiger partial charge in [-0.25, -0.2) is 10.2 Å². The number of hydrogen-bond donors (Lipinski definition) is 5. The van der Waals surface area contributed by atoms with E-state index in [2.05, 4.69) is 17.2 Å². The van der Waals surface area contributed by atoms with E-state index in [1.54, 1.807) is 26.2 Å². The van der Waals surface area contributed by atoms with Crippen LogP contribution in [0.3, 0.4) is 0 Å². The van der Waals surface area contributed by atoms with Gasteiger partial charge in [0.1, 0.15) is 18.5 Å². The van der Waals surface area contributed by atoms with Crippen LogP contribution >= 0.6 is 0 Å². The van der Waals surface area contributed by atoms with E-state index < -0.39 is 17.5 Å². The molecule has 45 heavy (non-hydrogen) atoms. The van der Waals surface area contributed by atoms with Gasteiger partial charge in [-0.1, -0.05) is 12.7 Å². The quantitative estimate of drug-likeness (QED) is 0.0418. The number of dihydropyridines is 1. The van der Waals surface area contributed by atoms with Gasteiger partial charge in [-0.3, -0.25) is 19.9 Å². The van der Waals surface area contributed by atoms with Crippen LogP contribution in [0.1, 0.15) is 49.1 Å². The summed E-state index contributed by atoms with van der Waals surface area (Å²) in [6.45, 7) is 6.10. The highest BCUT2D eigenvalue weighted by atomic mass is 19.1. The van der Waals surface area contributed by atoms with E-state index in [0.717, 1.165) is 11.1 Å². The first kappa shape index (κ1) is 35.3. The number of carbonyl (C=O) groups is 2. The van der Waals surface area contributed by atoms with E-state index in [0.29, 0.717) is 54.0 Å². The van der Waals surface area contributed by atoms with Crippen molar-refractivity contribution in [1.82, 2.24) is 20.2 Å². The predicted octanol–water partition coefficient (Wildman–Crippen LogP) is 1.11. The predicted molar refractivity (Wildman–Crippen MR) is 168 cm³/mol. The summed E-state index contributed by atoms with van der Waals surface area (Å²) in [7, 11) is 3.13. The second-order valence-electron chi connectivity index (χ2n) is 10.6. The molecule has 7 N–H and O–H groups in total. The molecule has 0 bridgehead atoms. The van der Waals surface area contributed by atoms with Crippen molar-refractivity contribution in [3.63, 3.8) is 0 Å². The molecule has 0 saturated carbocycles. The highest BCUT2D eigenvalue weighted by Gasteiger charge is 2.33. The molecule has 0 fully saturated rings. The molecule has 244 valence electrons. The lowest BCUT2D eigenvalue weighted by Gasteiger charge is -2.23. The standard InChI is InChI=1S/C31H42FN7O6/c1-5-19(2)26(32)10-22-9-20(12-38(34)13-21(33)7-6-8-36-29(42)17-45-18-35-3)24-14-39-27(30(24)37-22)11-23(28(41)15-40)25(16-44-4)31(39)43/h5,10-11,13,15,28,35,41H,1,6-9,12,14,16-18,33-34H2,2-4H3,(H,36,42)/b21-13-,22-10+,26-19+. The van der Waals surface area contributed by atoms with Crippen molar-refractivity contribution in [2.45, 2.75) is 45.4 Å². The summed E-state index contributed by atoms with van der Waals surface area (Å²) in [6.07, 6.45) is 4.40. The SMILES string of the molecule is C=C/C(C)=C(F)\C=C1/CC(CN(N)/C=C(\N)CCCNC(=O)COCNC)=C2Cn3c(cc(C(O)C=O)c(COC)c3=O)C2=N1. The smallest absolute Gasteiger partial charge is 0.257 e. The summed E-state index contributed by atoms with van der Waals surface area (Å²) in [4.78, 5) is 41.5. The van der Waals surface area contributed by atoms with Gasteiger partial charge in [0.25, 0.3) is 5.56 Å². The van der Waals surface area contributed by atoms with E-state index in [1.807, 2.05) is 0 Å². The lowest BCUT2D eigenvalue weighted by atomic mass is 9.95. The van der Waals surface area contributed by atoms with Crippen LogP contribution in [0.15, 0.2) is 74.7 Å². The van der Waals surface area contributed by atoms with Crippen LogP contribution in [-0.4, -0.2) is 73.2 Å². The largest absolute Gasteiger partial charge is 0.401 e. The van der Waals surface area contributed by atoms with Crippen molar-refractivity contribution in [1.29, 1.82) is 0 Å². The zero-order valence-electron chi connectivity index (χ0n) is 25.9. The number of aldehydes is 1. The Bertz CT molecular complexity index is 1510. The Labute approximate surface area is 261 Å². The highest BCUT2D eigenvalue weighted by molar-refractivity contribution is 6.15. The van der Waals surface area contributed by atoms with Crippen LogP contribution in [0.4, 0.5) is 4.39 Å². The Hall–Kier alpha value is -4.21. The number of ether oxygens (including phenoxy) is 2. The third kappa shape index (κ3) is 9.15. The van der Waals surface area contributed by atoms with Crippen molar-refractivity contribution < 1.29 is 28.6 Å². The molecule has 0 aliphatic carbocycles. The number of rotatable bonds is 17. The van der Waals surface area contributed by atoms with Gasteiger partial charge in [-0.2, -0.15) is 0 Å². The summed E-state index contributed by atoms with van der Waals surface area (Å²) in [5.41, 5.74) is 9.58. The zero-order chi connectivity index (χ0) is 33.1. The Kier molecular flexibility index (Phi) is 13.1. The number of hydrazine groups is 1. The van der Waals surface area contributed by atoms with Crippen LogP contribution in [-0.2, 0) is 32.2 Å². The van der Waals surface area contributed by atoms with Gasteiger partial charge in [-0.15, -0.1) is 0 Å². The van der Waals surface area contributed by atoms with Gasteiger partial charge < -0.3 is 40.0 Å². The van der Waals surface area contributed by atoms with Gasteiger partial charge in [0.2, 0.25) is 5.91 Å². The minimum Gasteiger partial charge on any atom is -0.401 e. The van der Waals surface area contributed by atoms with E-state index in [4.69, 9.17) is 26.0 Å². The average molecular weight is 628 g/mol. The minimum absolute atomic E-state index is 0.0442. The third-order valence-corrected chi connectivity index (χ3v) is 7.22. The Morgan fingerprint density at radius 2 is 2.16 bits per heavy atom.